The van der Waals surface area contributed by atoms with Crippen LogP contribution in [0.4, 0.5) is 0 Å². The largest absolute Gasteiger partial charge is 0.393 e. The van der Waals surface area contributed by atoms with Crippen LogP contribution < -0.4 is 5.32 Å². The number of aliphatic hydroxyl groups excluding tert-OH is 1. The predicted molar refractivity (Wildman–Crippen MR) is 53.4 cm³/mol. The van der Waals surface area contributed by atoms with Gasteiger partial charge in [-0.3, -0.25) is 4.79 Å². The molecule has 0 aliphatic carbocycles. The summed E-state index contributed by atoms with van der Waals surface area (Å²) in [6, 6.07) is 0.274. The molecule has 2 N–H and O–H groups in total. The molecule has 0 saturated heterocycles. The zero-order valence-electron chi connectivity index (χ0n) is 8.84. The van der Waals surface area contributed by atoms with Crippen LogP contribution in [0, 0.1) is 0 Å². The van der Waals surface area contributed by atoms with Gasteiger partial charge in [-0.05, 0) is 19.8 Å². The average Bonchev–Trinajstić information content (AvgIpc) is 2.02. The lowest BCUT2D eigenvalue weighted by molar-refractivity contribution is -0.123. The Morgan fingerprint density at radius 3 is 2.46 bits per heavy atom. The third kappa shape index (κ3) is 6.58. The van der Waals surface area contributed by atoms with Gasteiger partial charge in [-0.2, -0.15) is 0 Å². The van der Waals surface area contributed by atoms with E-state index in [0.29, 0.717) is 0 Å². The van der Waals surface area contributed by atoms with Gasteiger partial charge in [0.15, 0.2) is 0 Å². The minimum absolute atomic E-state index is 0.0460. The van der Waals surface area contributed by atoms with E-state index < -0.39 is 6.10 Å². The van der Waals surface area contributed by atoms with Crippen molar-refractivity contribution in [1.29, 1.82) is 0 Å². The van der Waals surface area contributed by atoms with E-state index >= 15 is 0 Å². The number of carbonyl (C=O) groups excluding carboxylic acids is 1. The number of rotatable bonds is 6. The number of hydrogen-bond acceptors (Lipinski definition) is 2. The summed E-state index contributed by atoms with van der Waals surface area (Å²) in [5.41, 5.74) is 0. The molecule has 78 valence electrons. The molecule has 0 spiro atoms. The minimum atomic E-state index is -0.542. The Morgan fingerprint density at radius 1 is 1.46 bits per heavy atom. The molecule has 0 aromatic rings. The van der Waals surface area contributed by atoms with Crippen LogP contribution in [0.2, 0.25) is 0 Å². The zero-order valence-corrected chi connectivity index (χ0v) is 8.84. The second kappa shape index (κ2) is 6.89. The quantitative estimate of drug-likeness (QED) is 0.661. The first kappa shape index (κ1) is 12.4. The summed E-state index contributed by atoms with van der Waals surface area (Å²) in [6.45, 7) is 5.78. The Labute approximate surface area is 80.5 Å². The molecule has 2 unspecified atom stereocenters. The molecule has 0 heterocycles. The van der Waals surface area contributed by atoms with Crippen molar-refractivity contribution in [2.24, 2.45) is 0 Å². The summed E-state index contributed by atoms with van der Waals surface area (Å²) < 4.78 is 0. The van der Waals surface area contributed by atoms with Gasteiger partial charge in [0.2, 0.25) is 5.91 Å². The van der Waals surface area contributed by atoms with Crippen LogP contribution in [0.1, 0.15) is 46.5 Å². The average molecular weight is 187 g/mol. The summed E-state index contributed by atoms with van der Waals surface area (Å²) in [5, 5.41) is 11.9. The molecular formula is C10H21NO2. The summed E-state index contributed by atoms with van der Waals surface area (Å²) in [5.74, 6) is -0.0460. The number of nitrogens with one attached hydrogen (secondary N) is 1. The molecular weight excluding hydrogens is 166 g/mol. The van der Waals surface area contributed by atoms with Gasteiger partial charge in [-0.25, -0.2) is 0 Å². The summed E-state index contributed by atoms with van der Waals surface area (Å²) in [4.78, 5) is 11.2. The van der Waals surface area contributed by atoms with Crippen molar-refractivity contribution in [1.82, 2.24) is 5.32 Å². The maximum absolute atomic E-state index is 11.2. The van der Waals surface area contributed by atoms with Crippen molar-refractivity contribution in [3.8, 4) is 0 Å². The van der Waals surface area contributed by atoms with Crippen LogP contribution in [0.25, 0.3) is 0 Å². The Bertz CT molecular complexity index is 146. The highest BCUT2D eigenvalue weighted by molar-refractivity contribution is 5.76. The fourth-order valence-corrected chi connectivity index (χ4v) is 1.28. The van der Waals surface area contributed by atoms with Crippen molar-refractivity contribution in [3.63, 3.8) is 0 Å². The maximum atomic E-state index is 11.2. The van der Waals surface area contributed by atoms with Crippen LogP contribution in [-0.2, 0) is 4.79 Å². The third-order valence-electron chi connectivity index (χ3n) is 1.98. The molecule has 0 bridgehead atoms. The smallest absolute Gasteiger partial charge is 0.222 e. The van der Waals surface area contributed by atoms with Gasteiger partial charge in [0.05, 0.1) is 12.5 Å². The van der Waals surface area contributed by atoms with Crippen molar-refractivity contribution in [2.75, 3.05) is 0 Å². The van der Waals surface area contributed by atoms with Gasteiger partial charge in [-0.15, -0.1) is 0 Å². The first-order valence-electron chi connectivity index (χ1n) is 5.07. The number of aliphatic hydroxyl groups is 1. The predicted octanol–water partition coefficient (Wildman–Crippen LogP) is 1.45. The number of amides is 1. The minimum Gasteiger partial charge on any atom is -0.393 e. The van der Waals surface area contributed by atoms with E-state index in [2.05, 4.69) is 19.2 Å². The molecule has 3 heteroatoms. The monoisotopic (exact) mass is 187 g/mol. The topological polar surface area (TPSA) is 49.3 Å². The van der Waals surface area contributed by atoms with E-state index in [1.807, 2.05) is 0 Å². The fourth-order valence-electron chi connectivity index (χ4n) is 1.28. The van der Waals surface area contributed by atoms with Crippen molar-refractivity contribution >= 4 is 5.91 Å². The summed E-state index contributed by atoms with van der Waals surface area (Å²) in [7, 11) is 0. The first-order valence-corrected chi connectivity index (χ1v) is 5.07. The van der Waals surface area contributed by atoms with E-state index in [1.54, 1.807) is 6.92 Å². The molecule has 1 amide bonds. The molecule has 0 aromatic carbocycles. The normalized spacial score (nSPS) is 15.1. The zero-order chi connectivity index (χ0) is 10.3. The van der Waals surface area contributed by atoms with Crippen LogP contribution >= 0.6 is 0 Å². The van der Waals surface area contributed by atoms with Gasteiger partial charge >= 0.3 is 0 Å². The molecule has 3 nitrogen and oxygen atoms in total. The van der Waals surface area contributed by atoms with Crippen LogP contribution in [0.15, 0.2) is 0 Å². The van der Waals surface area contributed by atoms with Crippen LogP contribution in [0.3, 0.4) is 0 Å². The molecule has 0 rings (SSSR count). The highest BCUT2D eigenvalue weighted by Crippen LogP contribution is 2.01. The van der Waals surface area contributed by atoms with Gasteiger partial charge in [-0.1, -0.05) is 20.3 Å². The third-order valence-corrected chi connectivity index (χ3v) is 1.98. The number of hydrogen-bond donors (Lipinski definition) is 2. The maximum Gasteiger partial charge on any atom is 0.222 e. The van der Waals surface area contributed by atoms with Gasteiger partial charge < -0.3 is 10.4 Å². The van der Waals surface area contributed by atoms with Crippen molar-refractivity contribution in [3.05, 3.63) is 0 Å². The summed E-state index contributed by atoms with van der Waals surface area (Å²) >= 11 is 0. The highest BCUT2D eigenvalue weighted by Gasteiger charge is 2.10. The van der Waals surface area contributed by atoms with Crippen molar-refractivity contribution < 1.29 is 9.90 Å². The second-order valence-electron chi connectivity index (χ2n) is 3.51. The molecule has 0 saturated carbocycles. The molecule has 13 heavy (non-hydrogen) atoms. The Hall–Kier alpha value is -0.570. The highest BCUT2D eigenvalue weighted by atomic mass is 16.3. The summed E-state index contributed by atoms with van der Waals surface area (Å²) in [6.07, 6.45) is 2.72. The number of carbonyl (C=O) groups is 1. The Morgan fingerprint density at radius 2 is 2.08 bits per heavy atom. The lowest BCUT2D eigenvalue weighted by atomic mass is 10.1. The van der Waals surface area contributed by atoms with E-state index in [9.17, 15) is 4.79 Å². The Kier molecular flexibility index (Phi) is 6.59. The standard InChI is InChI=1S/C10H21NO2/c1-4-6-9(5-2)11-10(13)7-8(3)12/h8-9,12H,4-7H2,1-3H3,(H,11,13). The van der Waals surface area contributed by atoms with E-state index in [-0.39, 0.29) is 18.4 Å². The lowest BCUT2D eigenvalue weighted by Crippen LogP contribution is -2.35. The molecule has 0 aliphatic rings. The molecule has 0 aliphatic heterocycles. The SMILES string of the molecule is CCCC(CC)NC(=O)CC(C)O. The van der Waals surface area contributed by atoms with Crippen LogP contribution in [-0.4, -0.2) is 23.2 Å². The molecule has 0 fully saturated rings. The second-order valence-corrected chi connectivity index (χ2v) is 3.51. The van der Waals surface area contributed by atoms with Gasteiger partial charge in [0.1, 0.15) is 0 Å². The fraction of sp³-hybridized carbons (Fsp3) is 0.900. The van der Waals surface area contributed by atoms with E-state index in [0.717, 1.165) is 19.3 Å². The Balaban J connectivity index is 3.73. The molecule has 2 atom stereocenters. The van der Waals surface area contributed by atoms with Gasteiger partial charge in [0, 0.05) is 6.04 Å². The first-order chi connectivity index (χ1) is 6.10. The van der Waals surface area contributed by atoms with Gasteiger partial charge in [0.25, 0.3) is 0 Å². The molecule has 0 radical (unpaired) electrons. The lowest BCUT2D eigenvalue weighted by Gasteiger charge is -2.16. The van der Waals surface area contributed by atoms with Crippen LogP contribution in [0.5, 0.6) is 0 Å². The molecule has 0 aromatic heterocycles. The van der Waals surface area contributed by atoms with Crippen molar-refractivity contribution in [2.45, 2.75) is 58.6 Å². The van der Waals surface area contributed by atoms with E-state index in [1.165, 1.54) is 0 Å². The van der Waals surface area contributed by atoms with E-state index in [4.69, 9.17) is 5.11 Å².